The van der Waals surface area contributed by atoms with Gasteiger partial charge in [-0.15, -0.1) is 0 Å². The van der Waals surface area contributed by atoms with E-state index in [-0.39, 0.29) is 10.9 Å². The number of aryl methyl sites for hydroxylation is 4. The molecule has 0 spiro atoms. The van der Waals surface area contributed by atoms with Gasteiger partial charge in [-0.2, -0.15) is 0 Å². The van der Waals surface area contributed by atoms with Crippen molar-refractivity contribution in [3.05, 3.63) is 80.1 Å². The first-order valence-corrected chi connectivity index (χ1v) is 27.6. The standard InChI is InChI=1S/C60H92N2O2/c1-5-9-13-17-21-23-25-27-31-35-43-61-55-41-39-49(37-33-29-19-15-11-7-3)45-51(55)59(63)53-48-58-54(47-57(53)61)60(64)52-46-50(38-34-30-20-16-12-8-4)40-42-56(52)62(58)44-36-32-28-26-24-22-18-14-10-6-2/h39-42,45-48H,5-38,43-44H2,1-4H3. The smallest absolute Gasteiger partial charge is 0.197 e. The van der Waals surface area contributed by atoms with Gasteiger partial charge in [0, 0.05) is 34.6 Å². The summed E-state index contributed by atoms with van der Waals surface area (Å²) in [7, 11) is 0. The number of fused-ring (bicyclic) bond motifs is 4. The number of hydrogen-bond acceptors (Lipinski definition) is 2. The third kappa shape index (κ3) is 15.9. The van der Waals surface area contributed by atoms with E-state index >= 15 is 0 Å². The summed E-state index contributed by atoms with van der Waals surface area (Å²) in [6, 6.07) is 17.7. The quantitative estimate of drug-likeness (QED) is 0.0297. The van der Waals surface area contributed by atoms with Gasteiger partial charge in [0.1, 0.15) is 0 Å². The molecule has 0 aliphatic heterocycles. The average Bonchev–Trinajstić information content (AvgIpc) is 3.31. The molecule has 64 heavy (non-hydrogen) atoms. The fourth-order valence-corrected chi connectivity index (χ4v) is 10.5. The van der Waals surface area contributed by atoms with Gasteiger partial charge in [-0.1, -0.05) is 220 Å². The number of pyridine rings is 2. The van der Waals surface area contributed by atoms with Crippen molar-refractivity contribution in [2.75, 3.05) is 0 Å². The summed E-state index contributed by atoms with van der Waals surface area (Å²) in [6.45, 7) is 10.8. The summed E-state index contributed by atoms with van der Waals surface area (Å²) in [5, 5.41) is 3.20. The largest absolute Gasteiger partial charge is 0.340 e. The highest BCUT2D eigenvalue weighted by Gasteiger charge is 2.18. The molecule has 0 saturated carbocycles. The van der Waals surface area contributed by atoms with Crippen molar-refractivity contribution >= 4 is 43.6 Å². The Hall–Kier alpha value is -3.40. The zero-order chi connectivity index (χ0) is 45.2. The second-order valence-corrected chi connectivity index (χ2v) is 20.0. The third-order valence-electron chi connectivity index (χ3n) is 14.5. The van der Waals surface area contributed by atoms with Gasteiger partial charge in [0.05, 0.1) is 22.1 Å². The SMILES string of the molecule is CCCCCCCCCCCCn1c2ccc(CCCCCCCC)cc2c(=O)c2cc3c(cc21)c(=O)c1cc(CCCCCCCC)ccc1n3CCCCCCCCCCCC. The van der Waals surface area contributed by atoms with Crippen molar-refractivity contribution in [3.63, 3.8) is 0 Å². The van der Waals surface area contributed by atoms with Crippen LogP contribution in [0, 0.1) is 0 Å². The van der Waals surface area contributed by atoms with Gasteiger partial charge >= 0.3 is 0 Å². The van der Waals surface area contributed by atoms with Gasteiger partial charge in [-0.05, 0) is 86.1 Å². The Balaban J connectivity index is 1.49. The summed E-state index contributed by atoms with van der Waals surface area (Å²) in [6.07, 6.45) is 43.1. The molecule has 4 nitrogen and oxygen atoms in total. The van der Waals surface area contributed by atoms with Crippen molar-refractivity contribution in [2.45, 2.75) is 259 Å². The van der Waals surface area contributed by atoms with E-state index in [4.69, 9.17) is 0 Å². The number of nitrogens with zero attached hydrogens (tertiary/aromatic N) is 2. The summed E-state index contributed by atoms with van der Waals surface area (Å²) in [5.41, 5.74) is 6.66. The van der Waals surface area contributed by atoms with Crippen LogP contribution in [0.2, 0.25) is 0 Å². The first-order valence-electron chi connectivity index (χ1n) is 27.6. The van der Waals surface area contributed by atoms with Crippen molar-refractivity contribution in [1.29, 1.82) is 0 Å². The average molecular weight is 873 g/mol. The molecule has 0 amide bonds. The molecule has 0 aliphatic carbocycles. The summed E-state index contributed by atoms with van der Waals surface area (Å²) in [4.78, 5) is 29.7. The van der Waals surface area contributed by atoms with Gasteiger partial charge in [-0.3, -0.25) is 9.59 Å². The topological polar surface area (TPSA) is 44.0 Å². The summed E-state index contributed by atoms with van der Waals surface area (Å²) in [5.74, 6) is 0. The van der Waals surface area contributed by atoms with Crippen LogP contribution in [0.25, 0.3) is 43.6 Å². The number of aromatic nitrogens is 2. The minimum Gasteiger partial charge on any atom is -0.340 e. The van der Waals surface area contributed by atoms with E-state index in [1.165, 1.54) is 204 Å². The Morgan fingerprint density at radius 3 is 0.875 bits per heavy atom. The fraction of sp³-hybridized carbons (Fsp3) is 0.667. The number of rotatable bonds is 36. The van der Waals surface area contributed by atoms with Crippen LogP contribution in [0.4, 0.5) is 0 Å². The molecule has 0 saturated heterocycles. The highest BCUT2D eigenvalue weighted by Crippen LogP contribution is 2.29. The molecule has 0 bridgehead atoms. The normalized spacial score (nSPS) is 11.9. The molecule has 0 unspecified atom stereocenters. The van der Waals surface area contributed by atoms with Crippen LogP contribution in [-0.2, 0) is 25.9 Å². The highest BCUT2D eigenvalue weighted by atomic mass is 16.1. The molecule has 5 rings (SSSR count). The Labute approximate surface area is 390 Å². The van der Waals surface area contributed by atoms with Crippen molar-refractivity contribution in [1.82, 2.24) is 9.13 Å². The van der Waals surface area contributed by atoms with Gasteiger partial charge in [0.25, 0.3) is 0 Å². The Kier molecular flexibility index (Phi) is 24.2. The Morgan fingerprint density at radius 1 is 0.297 bits per heavy atom. The molecule has 4 heteroatoms. The molecule has 354 valence electrons. The number of benzene rings is 3. The van der Waals surface area contributed by atoms with Crippen molar-refractivity contribution in [2.24, 2.45) is 0 Å². The lowest BCUT2D eigenvalue weighted by atomic mass is 9.99. The predicted octanol–water partition coefficient (Wildman–Crippen LogP) is 18.3. The van der Waals surface area contributed by atoms with E-state index in [2.05, 4.69) is 85.4 Å². The minimum absolute atomic E-state index is 0.114. The zero-order valence-corrected chi connectivity index (χ0v) is 41.8. The molecule has 0 fully saturated rings. The lowest BCUT2D eigenvalue weighted by molar-refractivity contribution is 0.540. The van der Waals surface area contributed by atoms with E-state index in [1.807, 2.05) is 0 Å². The zero-order valence-electron chi connectivity index (χ0n) is 41.8. The van der Waals surface area contributed by atoms with Crippen molar-refractivity contribution < 1.29 is 0 Å². The monoisotopic (exact) mass is 873 g/mol. The fourth-order valence-electron chi connectivity index (χ4n) is 10.5. The molecule has 3 aromatic carbocycles. The summed E-state index contributed by atoms with van der Waals surface area (Å²) < 4.78 is 4.83. The van der Waals surface area contributed by atoms with Crippen LogP contribution in [0.15, 0.2) is 58.1 Å². The maximum Gasteiger partial charge on any atom is 0.197 e. The van der Waals surface area contributed by atoms with Gasteiger partial charge in [-0.25, -0.2) is 0 Å². The number of unbranched alkanes of at least 4 members (excludes halogenated alkanes) is 28. The van der Waals surface area contributed by atoms with Gasteiger partial charge in [0.2, 0.25) is 0 Å². The highest BCUT2D eigenvalue weighted by molar-refractivity contribution is 6.04. The van der Waals surface area contributed by atoms with Crippen LogP contribution in [-0.4, -0.2) is 9.13 Å². The Morgan fingerprint density at radius 2 is 0.562 bits per heavy atom. The lowest BCUT2D eigenvalue weighted by Crippen LogP contribution is -2.16. The van der Waals surface area contributed by atoms with Crippen LogP contribution >= 0.6 is 0 Å². The molecular weight excluding hydrogens is 781 g/mol. The minimum atomic E-state index is 0.114. The number of hydrogen-bond donors (Lipinski definition) is 0. The molecule has 0 radical (unpaired) electrons. The third-order valence-corrected chi connectivity index (χ3v) is 14.5. The molecule has 0 aliphatic rings. The molecular formula is C60H92N2O2. The molecule has 0 N–H and O–H groups in total. The Bertz CT molecular complexity index is 2050. The first-order chi connectivity index (χ1) is 31.5. The van der Waals surface area contributed by atoms with Crippen LogP contribution < -0.4 is 10.9 Å². The molecule has 2 aromatic heterocycles. The maximum atomic E-state index is 14.9. The van der Waals surface area contributed by atoms with Crippen molar-refractivity contribution in [3.8, 4) is 0 Å². The maximum absolute atomic E-state index is 14.9. The van der Waals surface area contributed by atoms with Crippen LogP contribution in [0.3, 0.4) is 0 Å². The van der Waals surface area contributed by atoms with E-state index in [1.54, 1.807) is 0 Å². The second kappa shape index (κ2) is 30.0. The van der Waals surface area contributed by atoms with Crippen LogP contribution in [0.5, 0.6) is 0 Å². The van der Waals surface area contributed by atoms with E-state index in [9.17, 15) is 9.59 Å². The summed E-state index contributed by atoms with van der Waals surface area (Å²) >= 11 is 0. The van der Waals surface area contributed by atoms with E-state index in [0.29, 0.717) is 0 Å². The first kappa shape index (κ1) is 51.6. The van der Waals surface area contributed by atoms with E-state index < -0.39 is 0 Å². The molecule has 2 heterocycles. The second-order valence-electron chi connectivity index (χ2n) is 20.0. The van der Waals surface area contributed by atoms with Crippen LogP contribution in [0.1, 0.15) is 244 Å². The lowest BCUT2D eigenvalue weighted by Gasteiger charge is -2.20. The van der Waals surface area contributed by atoms with E-state index in [0.717, 1.165) is 82.4 Å². The van der Waals surface area contributed by atoms with Gasteiger partial charge < -0.3 is 9.13 Å². The molecule has 0 atom stereocenters. The van der Waals surface area contributed by atoms with Gasteiger partial charge in [0.15, 0.2) is 10.9 Å². The predicted molar refractivity (Wildman–Crippen MR) is 283 cm³/mol. The molecule has 5 aromatic rings.